The minimum atomic E-state index is -5.05. The van der Waals surface area contributed by atoms with E-state index in [1.165, 1.54) is 0 Å². The number of nitriles is 1. The number of hydrogen-bond acceptors (Lipinski definition) is 9. The van der Waals surface area contributed by atoms with Crippen molar-refractivity contribution in [3.8, 4) is 29.2 Å². The van der Waals surface area contributed by atoms with Crippen LogP contribution in [0.1, 0.15) is 24.5 Å². The van der Waals surface area contributed by atoms with Crippen molar-refractivity contribution >= 4 is 22.4 Å². The third-order valence-corrected chi connectivity index (χ3v) is 6.62. The lowest BCUT2D eigenvalue weighted by molar-refractivity contribution is -0.137. The van der Waals surface area contributed by atoms with Crippen LogP contribution < -0.4 is 25.4 Å². The van der Waals surface area contributed by atoms with Gasteiger partial charge in [0.15, 0.2) is 5.82 Å². The van der Waals surface area contributed by atoms with E-state index >= 15 is 4.39 Å². The summed E-state index contributed by atoms with van der Waals surface area (Å²) in [6.45, 7) is 4.13. The van der Waals surface area contributed by atoms with E-state index in [0.717, 1.165) is 6.92 Å². The highest BCUT2D eigenvalue weighted by atomic mass is 19.4. The molecule has 0 unspecified atom stereocenters. The molecule has 2 aliphatic heterocycles. The fourth-order valence-corrected chi connectivity index (χ4v) is 4.86. The molecule has 4 heterocycles. The van der Waals surface area contributed by atoms with E-state index in [2.05, 4.69) is 20.3 Å². The molecule has 9 nitrogen and oxygen atoms in total. The summed E-state index contributed by atoms with van der Waals surface area (Å²) in [7, 11) is 0. The van der Waals surface area contributed by atoms with E-state index in [0.29, 0.717) is 25.7 Å². The number of aromatic nitrogens is 3. The number of nitrogens with one attached hydrogen (secondary N) is 1. The summed E-state index contributed by atoms with van der Waals surface area (Å²) in [6.07, 6.45) is -5.57. The summed E-state index contributed by atoms with van der Waals surface area (Å²) in [4.78, 5) is 14.6. The van der Waals surface area contributed by atoms with Gasteiger partial charge in [-0.1, -0.05) is 0 Å². The van der Waals surface area contributed by atoms with Crippen molar-refractivity contribution in [3.05, 3.63) is 28.8 Å². The SMILES string of the molecule is Cc1c(F)c(N)cc(-c2nc3c4c(nc(OCCC#N)nc4c2F)N2CCNC[C@H]2[C@H](C)O3)c1C(F)(F)F. The monoisotopic (exact) mass is 535 g/mol. The molecule has 0 amide bonds. The number of hydrogen-bond donors (Lipinski definition) is 2. The molecular weight excluding hydrogens is 513 g/mol. The van der Waals surface area contributed by atoms with Crippen LogP contribution in [0.3, 0.4) is 0 Å². The highest BCUT2D eigenvalue weighted by Crippen LogP contribution is 2.46. The molecule has 5 rings (SSSR count). The molecule has 1 aromatic carbocycles. The molecule has 0 saturated carbocycles. The predicted octanol–water partition coefficient (Wildman–Crippen LogP) is 3.73. The van der Waals surface area contributed by atoms with Crippen molar-refractivity contribution in [3.63, 3.8) is 0 Å². The molecule has 0 radical (unpaired) electrons. The fourth-order valence-electron chi connectivity index (χ4n) is 4.86. The van der Waals surface area contributed by atoms with Crippen LogP contribution >= 0.6 is 0 Å². The van der Waals surface area contributed by atoms with Gasteiger partial charge in [-0.25, -0.2) is 13.8 Å². The highest BCUT2D eigenvalue weighted by molar-refractivity contribution is 5.97. The number of piperazine rings is 1. The zero-order valence-corrected chi connectivity index (χ0v) is 20.3. The van der Waals surface area contributed by atoms with Crippen molar-refractivity contribution in [2.75, 3.05) is 36.9 Å². The van der Waals surface area contributed by atoms with Crippen LogP contribution in [-0.4, -0.2) is 53.3 Å². The molecule has 2 aliphatic rings. The Morgan fingerprint density at radius 3 is 2.74 bits per heavy atom. The van der Waals surface area contributed by atoms with Gasteiger partial charge in [0, 0.05) is 25.2 Å². The number of nitrogens with zero attached hydrogens (tertiary/aromatic N) is 5. The average Bonchev–Trinajstić information content (AvgIpc) is 2.98. The maximum Gasteiger partial charge on any atom is 0.417 e. The summed E-state index contributed by atoms with van der Waals surface area (Å²) >= 11 is 0. The molecule has 1 fully saturated rings. The van der Waals surface area contributed by atoms with Gasteiger partial charge in [-0.2, -0.15) is 28.4 Å². The Morgan fingerprint density at radius 1 is 1.26 bits per heavy atom. The zero-order chi connectivity index (χ0) is 27.4. The van der Waals surface area contributed by atoms with Crippen LogP contribution in [0.2, 0.25) is 0 Å². The Bertz CT molecular complexity index is 1470. The van der Waals surface area contributed by atoms with Gasteiger partial charge in [-0.3, -0.25) is 0 Å². The van der Waals surface area contributed by atoms with Gasteiger partial charge in [0.25, 0.3) is 0 Å². The molecule has 38 heavy (non-hydrogen) atoms. The molecule has 0 spiro atoms. The molecular formula is C24H22F5N7O2. The molecule has 0 aliphatic carbocycles. The first-order chi connectivity index (χ1) is 18.0. The van der Waals surface area contributed by atoms with E-state index in [-0.39, 0.29) is 47.7 Å². The Kier molecular flexibility index (Phi) is 6.34. The van der Waals surface area contributed by atoms with Crippen LogP contribution in [0.25, 0.3) is 22.2 Å². The average molecular weight is 535 g/mol. The van der Waals surface area contributed by atoms with Crippen molar-refractivity contribution in [1.29, 1.82) is 5.26 Å². The first-order valence-corrected chi connectivity index (χ1v) is 11.7. The van der Waals surface area contributed by atoms with Crippen LogP contribution in [-0.2, 0) is 6.18 Å². The van der Waals surface area contributed by atoms with Crippen LogP contribution in [0.5, 0.6) is 11.9 Å². The number of halogens is 5. The lowest BCUT2D eigenvalue weighted by Crippen LogP contribution is -2.56. The third kappa shape index (κ3) is 4.16. The quantitative estimate of drug-likeness (QED) is 0.292. The number of alkyl halides is 3. The first kappa shape index (κ1) is 25.7. The van der Waals surface area contributed by atoms with Crippen molar-refractivity contribution in [2.24, 2.45) is 0 Å². The molecule has 2 aromatic heterocycles. The minimum Gasteiger partial charge on any atom is -0.472 e. The molecule has 2 atom stereocenters. The molecule has 0 bridgehead atoms. The maximum atomic E-state index is 16.2. The number of nitrogens with two attached hydrogens (primary N) is 1. The molecule has 200 valence electrons. The summed E-state index contributed by atoms with van der Waals surface area (Å²) in [5.41, 5.74) is 0.951. The Morgan fingerprint density at radius 2 is 2.03 bits per heavy atom. The lowest BCUT2D eigenvalue weighted by Gasteiger charge is -2.38. The van der Waals surface area contributed by atoms with Crippen molar-refractivity contribution in [1.82, 2.24) is 20.3 Å². The van der Waals surface area contributed by atoms with E-state index in [1.807, 2.05) is 11.0 Å². The second-order valence-electron chi connectivity index (χ2n) is 9.00. The number of fused-ring (bicyclic) bond motifs is 2. The topological polar surface area (TPSA) is 122 Å². The Hall–Kier alpha value is -3.99. The van der Waals surface area contributed by atoms with Gasteiger partial charge in [-0.15, -0.1) is 0 Å². The number of benzene rings is 1. The highest BCUT2D eigenvalue weighted by Gasteiger charge is 2.41. The van der Waals surface area contributed by atoms with Crippen molar-refractivity contribution in [2.45, 2.75) is 38.6 Å². The summed E-state index contributed by atoms with van der Waals surface area (Å²) in [6, 6.07) is 2.08. The van der Waals surface area contributed by atoms with E-state index in [1.54, 1.807) is 6.92 Å². The number of rotatable bonds is 4. The van der Waals surface area contributed by atoms with Gasteiger partial charge in [0.2, 0.25) is 5.88 Å². The lowest BCUT2D eigenvalue weighted by atomic mass is 9.96. The van der Waals surface area contributed by atoms with Gasteiger partial charge in [-0.05, 0) is 25.5 Å². The molecule has 14 heteroatoms. The second kappa shape index (κ2) is 9.39. The smallest absolute Gasteiger partial charge is 0.417 e. The van der Waals surface area contributed by atoms with Crippen molar-refractivity contribution < 1.29 is 31.4 Å². The predicted molar refractivity (Wildman–Crippen MR) is 127 cm³/mol. The second-order valence-corrected chi connectivity index (χ2v) is 9.00. The van der Waals surface area contributed by atoms with Gasteiger partial charge in [0.05, 0.1) is 29.8 Å². The third-order valence-electron chi connectivity index (χ3n) is 6.62. The van der Waals surface area contributed by atoms with Crippen LogP contribution in [0.15, 0.2) is 6.07 Å². The normalized spacial score (nSPS) is 18.9. The first-order valence-electron chi connectivity index (χ1n) is 11.7. The van der Waals surface area contributed by atoms with Gasteiger partial charge >= 0.3 is 12.2 Å². The van der Waals surface area contributed by atoms with Gasteiger partial charge < -0.3 is 25.4 Å². The zero-order valence-electron chi connectivity index (χ0n) is 20.3. The Balaban J connectivity index is 1.83. The molecule has 1 saturated heterocycles. The summed E-state index contributed by atoms with van der Waals surface area (Å²) < 4.78 is 84.4. The van der Waals surface area contributed by atoms with E-state index in [9.17, 15) is 17.6 Å². The summed E-state index contributed by atoms with van der Waals surface area (Å²) in [5, 5.41) is 12.2. The Labute approximate surface area is 213 Å². The van der Waals surface area contributed by atoms with E-state index in [4.69, 9.17) is 20.5 Å². The van der Waals surface area contributed by atoms with Crippen LogP contribution in [0.4, 0.5) is 33.5 Å². The number of pyridine rings is 1. The number of nitrogen functional groups attached to an aromatic ring is 1. The van der Waals surface area contributed by atoms with E-state index < -0.39 is 52.0 Å². The largest absolute Gasteiger partial charge is 0.472 e. The van der Waals surface area contributed by atoms with Crippen LogP contribution in [0, 0.1) is 29.9 Å². The number of ether oxygens (including phenoxy) is 2. The fraction of sp³-hybridized carbons (Fsp3) is 0.417. The maximum absolute atomic E-state index is 16.2. The molecule has 3 N–H and O–H groups in total. The minimum absolute atomic E-state index is 0.00549. The van der Waals surface area contributed by atoms with Gasteiger partial charge in [0.1, 0.15) is 40.9 Å². The standard InChI is InChI=1S/C24H22F5N7O2/c1-10-16(24(27,28)29)12(8-13(31)17(10)25)19-18(26)20-15-21(35-23(34-20)37-7-3-4-30)36-6-5-32-9-14(36)11(2)38-22(15)33-19/h8,11,14,32H,3,5-7,9,31H2,1-2H3/t11-,14-/m0/s1. The summed E-state index contributed by atoms with van der Waals surface area (Å²) in [5.74, 6) is -2.40. The molecule has 3 aromatic rings. The number of anilines is 2.